The number of hydrogen-bond donors (Lipinski definition) is 4. The van der Waals surface area contributed by atoms with Crippen molar-refractivity contribution in [1.82, 2.24) is 19.9 Å². The number of aromatic nitrogens is 3. The van der Waals surface area contributed by atoms with E-state index in [4.69, 9.17) is 23.1 Å². The highest BCUT2D eigenvalue weighted by atomic mass is 35.5. The zero-order chi connectivity index (χ0) is 31.8. The predicted octanol–water partition coefficient (Wildman–Crippen LogP) is 6.45. The van der Waals surface area contributed by atoms with Crippen LogP contribution in [0, 0.1) is 11.7 Å². The lowest BCUT2D eigenvalue weighted by Crippen LogP contribution is -2.22. The minimum Gasteiger partial charge on any atom is -0.388 e. The molecule has 4 aromatic rings. The summed E-state index contributed by atoms with van der Waals surface area (Å²) in [7, 11) is 0. The average Bonchev–Trinajstić information content (AvgIpc) is 3.79. The topological polar surface area (TPSA) is 127 Å². The Balaban J connectivity index is 0.00000216. The minimum absolute atomic E-state index is 0.0724. The van der Waals surface area contributed by atoms with Gasteiger partial charge in [0.15, 0.2) is 5.82 Å². The van der Waals surface area contributed by atoms with Crippen molar-refractivity contribution < 1.29 is 4.39 Å². The van der Waals surface area contributed by atoms with Crippen molar-refractivity contribution in [2.24, 2.45) is 22.4 Å². The van der Waals surface area contributed by atoms with Gasteiger partial charge in [-0.1, -0.05) is 23.7 Å². The largest absolute Gasteiger partial charge is 0.388 e. The number of amidine groups is 1. The Morgan fingerprint density at radius 3 is 2.64 bits per heavy atom. The Bertz CT molecular complexity index is 1640. The fourth-order valence-electron chi connectivity index (χ4n) is 5.31. The van der Waals surface area contributed by atoms with Crippen molar-refractivity contribution in [3.63, 3.8) is 0 Å². The van der Waals surface area contributed by atoms with E-state index in [1.54, 1.807) is 25.3 Å². The molecular weight excluding hydrogens is 577 g/mol. The number of nitrogens with two attached hydrogens (primary N) is 2. The Morgan fingerprint density at radius 1 is 1.23 bits per heavy atom. The standard InChI is InChI=1S/C32H39ClFN7O.C2H4/c1-19(37-13-4-14-38-20(2)35)22-9-11-25(12-10-22)41-18-24-17-29(39-31(24)40-32(41)42)26-15-21(16-27(33)30(26)34)5-3-6-28(36)23-7-8-23;1-2/h9-12,15-19,23,28,37H,3-8,13-14,36H2,1-2H3,(H2,35,38)(H,39,40,42);1-2H2. The first kappa shape index (κ1) is 33.1. The molecule has 2 aromatic carbocycles. The molecule has 1 aliphatic carbocycles. The van der Waals surface area contributed by atoms with E-state index >= 15 is 4.39 Å². The number of benzene rings is 2. The summed E-state index contributed by atoms with van der Waals surface area (Å²) in [4.78, 5) is 24.5. The van der Waals surface area contributed by atoms with E-state index in [2.05, 4.69) is 40.4 Å². The molecular formula is C34H43ClFN7O. The number of rotatable bonds is 13. The monoisotopic (exact) mass is 619 g/mol. The number of hydrogen-bond acceptors (Lipinski definition) is 5. The highest BCUT2D eigenvalue weighted by molar-refractivity contribution is 6.31. The first-order valence-corrected chi connectivity index (χ1v) is 15.5. The van der Waals surface area contributed by atoms with Gasteiger partial charge < -0.3 is 21.8 Å². The molecule has 0 saturated heterocycles. The average molecular weight is 620 g/mol. The predicted molar refractivity (Wildman–Crippen MR) is 180 cm³/mol. The van der Waals surface area contributed by atoms with Crippen LogP contribution in [-0.2, 0) is 6.42 Å². The van der Waals surface area contributed by atoms with Crippen LogP contribution in [0.15, 0.2) is 71.6 Å². The highest BCUT2D eigenvalue weighted by Gasteiger charge is 2.27. The molecule has 2 unspecified atom stereocenters. The van der Waals surface area contributed by atoms with E-state index in [1.165, 1.54) is 17.4 Å². The summed E-state index contributed by atoms with van der Waals surface area (Å²) >= 11 is 6.29. The lowest BCUT2D eigenvalue weighted by molar-refractivity contribution is 0.528. The molecule has 2 aromatic heterocycles. The van der Waals surface area contributed by atoms with Crippen molar-refractivity contribution in [2.45, 2.75) is 64.5 Å². The van der Waals surface area contributed by atoms with Crippen molar-refractivity contribution in [3.8, 4) is 16.9 Å². The van der Waals surface area contributed by atoms with Gasteiger partial charge in [-0.15, -0.1) is 13.2 Å². The van der Waals surface area contributed by atoms with E-state index in [0.29, 0.717) is 46.3 Å². The maximum Gasteiger partial charge on any atom is 0.354 e. The van der Waals surface area contributed by atoms with Gasteiger partial charge in [0.25, 0.3) is 0 Å². The first-order chi connectivity index (χ1) is 21.2. The Hall–Kier alpha value is -3.79. The fourth-order valence-corrected chi connectivity index (χ4v) is 5.55. The van der Waals surface area contributed by atoms with E-state index in [-0.39, 0.29) is 17.1 Å². The van der Waals surface area contributed by atoms with Crippen LogP contribution in [0.3, 0.4) is 0 Å². The van der Waals surface area contributed by atoms with Crippen LogP contribution in [0.1, 0.15) is 63.1 Å². The van der Waals surface area contributed by atoms with Crippen molar-refractivity contribution >= 4 is 28.5 Å². The van der Waals surface area contributed by atoms with Gasteiger partial charge in [0.1, 0.15) is 5.65 Å². The molecule has 234 valence electrons. The van der Waals surface area contributed by atoms with E-state index < -0.39 is 11.5 Å². The molecule has 0 amide bonds. The highest BCUT2D eigenvalue weighted by Crippen LogP contribution is 2.34. The van der Waals surface area contributed by atoms with Gasteiger partial charge in [-0.3, -0.25) is 9.56 Å². The number of aryl methyl sites for hydroxylation is 1. The zero-order valence-corrected chi connectivity index (χ0v) is 26.3. The summed E-state index contributed by atoms with van der Waals surface area (Å²) < 4.78 is 16.7. The van der Waals surface area contributed by atoms with Gasteiger partial charge in [0.05, 0.1) is 22.2 Å². The summed E-state index contributed by atoms with van der Waals surface area (Å²) in [5.41, 5.74) is 15.4. The SMILES string of the molecule is C=C.CC(N)=NCCCNC(C)c1ccc(-n2cc3cc(-c4cc(CCCC(N)C5CC5)cc(Cl)c4F)[nH]c3nc2=O)cc1. The molecule has 5 rings (SSSR count). The number of H-pyrrole nitrogens is 1. The van der Waals surface area contributed by atoms with E-state index in [9.17, 15) is 4.79 Å². The van der Waals surface area contributed by atoms with Gasteiger partial charge in [0.2, 0.25) is 0 Å². The van der Waals surface area contributed by atoms with Crippen LogP contribution in [0.4, 0.5) is 4.39 Å². The fraction of sp³-hybridized carbons (Fsp3) is 0.382. The number of halogens is 2. The molecule has 44 heavy (non-hydrogen) atoms. The van der Waals surface area contributed by atoms with Gasteiger partial charge >= 0.3 is 5.69 Å². The zero-order valence-electron chi connectivity index (χ0n) is 25.6. The molecule has 1 aliphatic rings. The number of fused-ring (bicyclic) bond motifs is 1. The molecule has 0 spiro atoms. The van der Waals surface area contributed by atoms with Gasteiger partial charge in [-0.05, 0) is 106 Å². The van der Waals surface area contributed by atoms with Crippen LogP contribution >= 0.6 is 11.6 Å². The molecule has 0 radical (unpaired) electrons. The number of aromatic amines is 1. The normalized spacial score (nSPS) is 14.7. The Morgan fingerprint density at radius 2 is 1.95 bits per heavy atom. The molecule has 8 nitrogen and oxygen atoms in total. The van der Waals surface area contributed by atoms with Gasteiger partial charge in [-0.25, -0.2) is 9.18 Å². The molecule has 2 atom stereocenters. The second kappa shape index (κ2) is 15.3. The van der Waals surface area contributed by atoms with Crippen molar-refractivity contribution in [1.29, 1.82) is 0 Å². The lowest BCUT2D eigenvalue weighted by Gasteiger charge is -2.15. The van der Waals surface area contributed by atoms with Crippen molar-refractivity contribution in [3.05, 3.63) is 94.3 Å². The number of aliphatic imine (C=N–C) groups is 1. The molecule has 1 fully saturated rings. The van der Waals surface area contributed by atoms with Gasteiger partial charge in [-0.2, -0.15) is 4.98 Å². The maximum atomic E-state index is 15.2. The molecule has 1 saturated carbocycles. The minimum atomic E-state index is -0.502. The third kappa shape index (κ3) is 8.43. The first-order valence-electron chi connectivity index (χ1n) is 15.2. The number of nitrogens with one attached hydrogen (secondary N) is 2. The third-order valence-electron chi connectivity index (χ3n) is 7.93. The summed E-state index contributed by atoms with van der Waals surface area (Å²) in [5, 5.41) is 4.24. The van der Waals surface area contributed by atoms with Crippen molar-refractivity contribution in [2.75, 3.05) is 13.1 Å². The van der Waals surface area contributed by atoms with Crippen LogP contribution in [0.25, 0.3) is 28.0 Å². The van der Waals surface area contributed by atoms with Crippen LogP contribution in [0.2, 0.25) is 5.02 Å². The third-order valence-corrected chi connectivity index (χ3v) is 8.21. The summed E-state index contributed by atoms with van der Waals surface area (Å²) in [6.45, 7) is 11.4. The lowest BCUT2D eigenvalue weighted by atomic mass is 10.00. The molecule has 2 heterocycles. The second-order valence-corrected chi connectivity index (χ2v) is 11.8. The van der Waals surface area contributed by atoms with Crippen LogP contribution < -0.4 is 22.5 Å². The second-order valence-electron chi connectivity index (χ2n) is 11.4. The van der Waals surface area contributed by atoms with E-state index in [1.807, 2.05) is 30.3 Å². The molecule has 0 bridgehead atoms. The number of nitrogens with zero attached hydrogens (tertiary/aromatic N) is 3. The molecule has 0 aliphatic heterocycles. The summed E-state index contributed by atoms with van der Waals surface area (Å²) in [6.07, 6.45) is 7.70. The van der Waals surface area contributed by atoms with Gasteiger partial charge in [0, 0.05) is 35.8 Å². The molecule has 10 heteroatoms. The Labute approximate surface area is 263 Å². The maximum absolute atomic E-state index is 15.2. The Kier molecular flexibility index (Phi) is 11.5. The van der Waals surface area contributed by atoms with Crippen LogP contribution in [0.5, 0.6) is 0 Å². The summed E-state index contributed by atoms with van der Waals surface area (Å²) in [5.74, 6) is 0.752. The quantitative estimate of drug-likeness (QED) is 0.0592. The summed E-state index contributed by atoms with van der Waals surface area (Å²) in [6, 6.07) is 13.5. The van der Waals surface area contributed by atoms with Crippen LogP contribution in [-0.4, -0.2) is 39.5 Å². The van der Waals surface area contributed by atoms with E-state index in [0.717, 1.165) is 43.4 Å². The molecule has 6 N–H and O–H groups in total. The smallest absolute Gasteiger partial charge is 0.354 e.